The lowest BCUT2D eigenvalue weighted by molar-refractivity contribution is -0.139. The summed E-state index contributed by atoms with van der Waals surface area (Å²) in [6.45, 7) is 4.05. The second kappa shape index (κ2) is 8.49. The zero-order valence-electron chi connectivity index (χ0n) is 16.6. The Morgan fingerprint density at radius 1 is 1.27 bits per heavy atom. The van der Waals surface area contributed by atoms with Gasteiger partial charge in [-0.15, -0.1) is 0 Å². The van der Waals surface area contributed by atoms with Gasteiger partial charge in [-0.25, -0.2) is 4.79 Å². The van der Waals surface area contributed by atoms with E-state index in [9.17, 15) is 22.8 Å². The second-order valence-corrected chi connectivity index (χ2v) is 7.57. The number of carbonyl (C=O) groups is 2. The number of esters is 1. The fourth-order valence-corrected chi connectivity index (χ4v) is 3.53. The number of nitrogens with one attached hydrogen (secondary N) is 1. The number of cyclic esters (lactones) is 1. The van der Waals surface area contributed by atoms with Gasteiger partial charge in [-0.1, -0.05) is 11.7 Å². The van der Waals surface area contributed by atoms with Gasteiger partial charge < -0.3 is 14.9 Å². The topological polar surface area (TPSA) is 77.0 Å². The van der Waals surface area contributed by atoms with Crippen LogP contribution in [0.15, 0.2) is 35.5 Å². The highest BCUT2D eigenvalue weighted by Crippen LogP contribution is 2.47. The van der Waals surface area contributed by atoms with E-state index in [0.29, 0.717) is 19.4 Å². The Morgan fingerprint density at radius 2 is 2.00 bits per heavy atom. The van der Waals surface area contributed by atoms with Crippen molar-refractivity contribution in [3.05, 3.63) is 47.0 Å². The highest BCUT2D eigenvalue weighted by molar-refractivity contribution is 5.98. The largest absolute Gasteiger partial charge is 0.462 e. The molecular weight excluding hydrogens is 401 g/mol. The lowest BCUT2D eigenvalue weighted by Crippen LogP contribution is -2.35. The van der Waals surface area contributed by atoms with Crippen LogP contribution in [0.5, 0.6) is 0 Å². The van der Waals surface area contributed by atoms with Gasteiger partial charge in [0.05, 0.1) is 17.9 Å². The summed E-state index contributed by atoms with van der Waals surface area (Å²) in [7, 11) is 1.44. The van der Waals surface area contributed by atoms with Crippen molar-refractivity contribution >= 4 is 17.6 Å². The Labute approximate surface area is 172 Å². The van der Waals surface area contributed by atoms with Gasteiger partial charge in [0.15, 0.2) is 0 Å². The molecular formula is C21H23F3N2O4. The van der Waals surface area contributed by atoms with Gasteiger partial charge in [0.2, 0.25) is 0 Å². The van der Waals surface area contributed by atoms with Crippen molar-refractivity contribution in [3.63, 3.8) is 0 Å². The SMILES string of the molecule is C=C1Cc2cc(C(F)(F)F)ccc2C(=O)NCC2(CC2)/C(=N/OC)CCCOC1=O. The number of nitrogens with zero attached hydrogens (tertiary/aromatic N) is 1. The first kappa shape index (κ1) is 21.9. The Hall–Kier alpha value is -2.84. The summed E-state index contributed by atoms with van der Waals surface area (Å²) < 4.78 is 44.7. The number of fused-ring (bicyclic) bond motifs is 1. The average Bonchev–Trinajstić information content (AvgIpc) is 3.48. The molecule has 1 amide bonds. The zero-order valence-corrected chi connectivity index (χ0v) is 16.6. The molecule has 0 bridgehead atoms. The molecule has 1 aromatic carbocycles. The normalized spacial score (nSPS) is 21.5. The van der Waals surface area contributed by atoms with E-state index in [1.165, 1.54) is 7.11 Å². The maximum absolute atomic E-state index is 13.2. The molecule has 1 aliphatic carbocycles. The average molecular weight is 424 g/mol. The maximum atomic E-state index is 13.2. The summed E-state index contributed by atoms with van der Waals surface area (Å²) in [6.07, 6.45) is -2.12. The molecule has 6 nitrogen and oxygen atoms in total. The number of alkyl halides is 3. The van der Waals surface area contributed by atoms with E-state index in [4.69, 9.17) is 9.57 Å². The first-order valence-electron chi connectivity index (χ1n) is 9.60. The Morgan fingerprint density at radius 3 is 2.63 bits per heavy atom. The number of carbonyl (C=O) groups excluding carboxylic acids is 2. The molecule has 1 aliphatic heterocycles. The highest BCUT2D eigenvalue weighted by atomic mass is 19.4. The number of hydrogen-bond donors (Lipinski definition) is 1. The maximum Gasteiger partial charge on any atom is 0.416 e. The van der Waals surface area contributed by atoms with Crippen molar-refractivity contribution in [2.45, 2.75) is 38.3 Å². The van der Waals surface area contributed by atoms with E-state index in [0.717, 1.165) is 36.8 Å². The molecule has 162 valence electrons. The molecule has 9 heteroatoms. The van der Waals surface area contributed by atoms with Crippen LogP contribution in [0, 0.1) is 5.41 Å². The van der Waals surface area contributed by atoms with E-state index >= 15 is 0 Å². The Balaban J connectivity index is 1.95. The second-order valence-electron chi connectivity index (χ2n) is 7.57. The van der Waals surface area contributed by atoms with Crippen molar-refractivity contribution in [2.75, 3.05) is 20.3 Å². The van der Waals surface area contributed by atoms with E-state index < -0.39 is 23.6 Å². The van der Waals surface area contributed by atoms with Gasteiger partial charge in [0.25, 0.3) is 5.91 Å². The summed E-state index contributed by atoms with van der Waals surface area (Å²) in [5.74, 6) is -1.22. The minimum Gasteiger partial charge on any atom is -0.462 e. The van der Waals surface area contributed by atoms with Gasteiger partial charge in [0.1, 0.15) is 7.11 Å². The molecule has 0 saturated heterocycles. The number of amides is 1. The minimum absolute atomic E-state index is 0.0233. The van der Waals surface area contributed by atoms with Gasteiger partial charge >= 0.3 is 12.1 Å². The van der Waals surface area contributed by atoms with Crippen LogP contribution in [0.4, 0.5) is 13.2 Å². The summed E-state index contributed by atoms with van der Waals surface area (Å²) in [6, 6.07) is 2.86. The quantitative estimate of drug-likeness (QED) is 0.424. The molecule has 1 aromatic rings. The predicted octanol–water partition coefficient (Wildman–Crippen LogP) is 3.65. The molecule has 3 rings (SSSR count). The molecule has 1 fully saturated rings. The van der Waals surface area contributed by atoms with Crippen LogP contribution in [0.3, 0.4) is 0 Å². The molecule has 1 saturated carbocycles. The van der Waals surface area contributed by atoms with Crippen LogP contribution in [0.25, 0.3) is 0 Å². The zero-order chi connectivity index (χ0) is 21.9. The van der Waals surface area contributed by atoms with Crippen LogP contribution in [-0.2, 0) is 27.0 Å². The summed E-state index contributed by atoms with van der Waals surface area (Å²) in [4.78, 5) is 29.9. The number of halogens is 3. The van der Waals surface area contributed by atoms with E-state index in [2.05, 4.69) is 17.1 Å². The molecule has 1 N–H and O–H groups in total. The van der Waals surface area contributed by atoms with E-state index in [1.54, 1.807) is 0 Å². The summed E-state index contributed by atoms with van der Waals surface area (Å²) in [5, 5.41) is 6.91. The molecule has 0 aromatic heterocycles. The first-order valence-corrected chi connectivity index (χ1v) is 9.60. The van der Waals surface area contributed by atoms with Gasteiger partial charge in [0, 0.05) is 29.5 Å². The Bertz CT molecular complexity index is 889. The predicted molar refractivity (Wildman–Crippen MR) is 103 cm³/mol. The van der Waals surface area contributed by atoms with Gasteiger partial charge in [-0.3, -0.25) is 4.79 Å². The molecule has 1 spiro atoms. The van der Waals surface area contributed by atoms with Crippen molar-refractivity contribution < 1.29 is 32.3 Å². The van der Waals surface area contributed by atoms with Crippen molar-refractivity contribution in [3.8, 4) is 0 Å². The smallest absolute Gasteiger partial charge is 0.416 e. The van der Waals surface area contributed by atoms with Crippen LogP contribution in [0.2, 0.25) is 0 Å². The van der Waals surface area contributed by atoms with E-state index in [-0.39, 0.29) is 35.1 Å². The number of oxime groups is 1. The standard InChI is InChI=1S/C21H23F3N2O4/c1-13-10-14-11-15(21(22,23)24)5-6-16(14)18(27)25-12-20(7-8-20)17(26-29-2)4-3-9-30-19(13)28/h5-6,11H,1,3-4,7-10,12H2,2H3,(H,25,27)/b26-17+. The lowest BCUT2D eigenvalue weighted by Gasteiger charge is -2.20. The summed E-state index contributed by atoms with van der Waals surface area (Å²) >= 11 is 0. The molecule has 0 unspecified atom stereocenters. The molecule has 30 heavy (non-hydrogen) atoms. The molecule has 2 aliphatic rings. The van der Waals surface area contributed by atoms with Crippen molar-refractivity contribution in [1.82, 2.24) is 5.32 Å². The minimum atomic E-state index is -4.57. The first-order chi connectivity index (χ1) is 14.2. The molecule has 1 heterocycles. The summed E-state index contributed by atoms with van der Waals surface area (Å²) in [5.41, 5.74) is -0.360. The van der Waals surface area contributed by atoms with Crippen molar-refractivity contribution in [2.24, 2.45) is 10.6 Å². The third-order valence-corrected chi connectivity index (χ3v) is 5.42. The molecule has 0 atom stereocenters. The molecule has 0 radical (unpaired) electrons. The van der Waals surface area contributed by atoms with Crippen molar-refractivity contribution in [1.29, 1.82) is 0 Å². The third kappa shape index (κ3) is 4.83. The van der Waals surface area contributed by atoms with Crippen LogP contribution in [-0.4, -0.2) is 37.8 Å². The number of ether oxygens (including phenoxy) is 1. The lowest BCUT2D eigenvalue weighted by atomic mass is 9.94. The van der Waals surface area contributed by atoms with Gasteiger partial charge in [-0.2, -0.15) is 13.2 Å². The monoisotopic (exact) mass is 424 g/mol. The van der Waals surface area contributed by atoms with Gasteiger partial charge in [-0.05, 0) is 49.4 Å². The van der Waals surface area contributed by atoms with E-state index in [1.807, 2.05) is 0 Å². The fraction of sp³-hybridized carbons (Fsp3) is 0.476. The van der Waals surface area contributed by atoms with Crippen LogP contribution >= 0.6 is 0 Å². The Kier molecular flexibility index (Phi) is 6.19. The number of rotatable bonds is 1. The van der Waals surface area contributed by atoms with Crippen LogP contribution in [0.1, 0.15) is 47.2 Å². The number of benzene rings is 1. The highest BCUT2D eigenvalue weighted by Gasteiger charge is 2.47. The fourth-order valence-electron chi connectivity index (χ4n) is 3.53. The van der Waals surface area contributed by atoms with Crippen LogP contribution < -0.4 is 5.32 Å². The third-order valence-electron chi connectivity index (χ3n) is 5.42. The number of hydrogen-bond acceptors (Lipinski definition) is 5.